The van der Waals surface area contributed by atoms with Crippen molar-refractivity contribution >= 4 is 23.5 Å². The molecule has 3 aromatic rings. The Balaban J connectivity index is 1.98. The van der Waals surface area contributed by atoms with E-state index in [0.29, 0.717) is 18.8 Å². The molecule has 1 heterocycles. The first-order chi connectivity index (χ1) is 15.6. The zero-order chi connectivity index (χ0) is 24.2. The number of nitrogens with two attached hydrogens (primary N) is 2. The fourth-order valence-electron chi connectivity index (χ4n) is 3.37. The van der Waals surface area contributed by atoms with Crippen LogP contribution < -0.4 is 22.5 Å². The summed E-state index contributed by atoms with van der Waals surface area (Å²) in [4.78, 5) is 15.8. The summed E-state index contributed by atoms with van der Waals surface area (Å²) in [7, 11) is 0. The van der Waals surface area contributed by atoms with E-state index in [-0.39, 0.29) is 22.1 Å². The molecule has 3 rings (SSSR count). The van der Waals surface area contributed by atoms with Crippen molar-refractivity contribution in [3.63, 3.8) is 0 Å². The van der Waals surface area contributed by atoms with Gasteiger partial charge in [-0.15, -0.1) is 0 Å². The highest BCUT2D eigenvalue weighted by atomic mass is 35.5. The first kappa shape index (κ1) is 24.5. The molecule has 5 N–H and O–H groups in total. The zero-order valence-electron chi connectivity index (χ0n) is 17.7. The average molecular weight is 478 g/mol. The van der Waals surface area contributed by atoms with Crippen molar-refractivity contribution in [2.24, 2.45) is 5.73 Å². The maximum absolute atomic E-state index is 14.0. The highest BCUT2D eigenvalue weighted by Crippen LogP contribution is 2.38. The predicted octanol–water partition coefficient (Wildman–Crippen LogP) is 4.14. The quantitative estimate of drug-likeness (QED) is 0.444. The summed E-state index contributed by atoms with van der Waals surface area (Å²) in [5, 5.41) is 3.07. The molecule has 0 aliphatic heterocycles. The van der Waals surface area contributed by atoms with Crippen LogP contribution in [0.3, 0.4) is 0 Å². The lowest BCUT2D eigenvalue weighted by Crippen LogP contribution is -2.23. The van der Waals surface area contributed by atoms with Crippen LogP contribution in [0.1, 0.15) is 28.2 Å². The van der Waals surface area contributed by atoms with Crippen LogP contribution in [-0.4, -0.2) is 22.4 Å². The highest BCUT2D eigenvalue weighted by Gasteiger charge is 2.39. The van der Waals surface area contributed by atoms with Crippen molar-refractivity contribution in [1.29, 1.82) is 0 Å². The van der Waals surface area contributed by atoms with Crippen LogP contribution in [0, 0.1) is 6.92 Å². The van der Waals surface area contributed by atoms with Crippen LogP contribution in [0.25, 0.3) is 11.8 Å². The highest BCUT2D eigenvalue weighted by molar-refractivity contribution is 6.30. The number of hydrogen-bond acceptors (Lipinski definition) is 5. The second kappa shape index (κ2) is 10.2. The molecule has 0 spiro atoms. The number of allylic oxidation sites excluding steroid dienone is 1. The molecule has 0 radical (unpaired) electrons. The molecule has 6 nitrogen and oxygen atoms in total. The van der Waals surface area contributed by atoms with Crippen LogP contribution in [0.4, 0.5) is 19.0 Å². The Bertz CT molecular complexity index is 1220. The monoisotopic (exact) mass is 477 g/mol. The lowest BCUT2D eigenvalue weighted by molar-refractivity contribution is -0.139. The van der Waals surface area contributed by atoms with Crippen molar-refractivity contribution in [3.05, 3.63) is 92.5 Å². The molecule has 0 aliphatic rings. The topological polar surface area (TPSA) is 99.0 Å². The molecule has 0 saturated carbocycles. The second-order valence-electron chi connectivity index (χ2n) is 7.44. The van der Waals surface area contributed by atoms with Gasteiger partial charge in [-0.1, -0.05) is 42.0 Å². The average Bonchev–Trinajstić information content (AvgIpc) is 2.72. The fourth-order valence-corrected chi connectivity index (χ4v) is 3.61. The third kappa shape index (κ3) is 6.22. The minimum Gasteiger partial charge on any atom is -0.383 e. The first-order valence-electron chi connectivity index (χ1n) is 10.00. The van der Waals surface area contributed by atoms with Gasteiger partial charge in [0.2, 0.25) is 0 Å². The predicted molar refractivity (Wildman–Crippen MR) is 124 cm³/mol. The standard InChI is InChI=1S/C23H23ClF3N5O/c1-14-8-15(2-4-16(14)12-30-13-28)3-5-20(23(25,26)27)17-9-18(24)11-19(10-17)32-7-6-21(29)31-22(32)33/h2-11,20,30H,12-13,28H2,1H3,(H2,29,31,33)/b5-3+. The third-order valence-corrected chi connectivity index (χ3v) is 5.25. The van der Waals surface area contributed by atoms with E-state index in [1.807, 2.05) is 13.0 Å². The number of nitrogens with one attached hydrogen (secondary N) is 1. The van der Waals surface area contributed by atoms with Crippen LogP contribution >= 0.6 is 11.6 Å². The molecule has 0 fully saturated rings. The number of alkyl halides is 3. The summed E-state index contributed by atoms with van der Waals surface area (Å²) in [6.07, 6.45) is -0.750. The summed E-state index contributed by atoms with van der Waals surface area (Å²) in [5.41, 5.74) is 12.8. The second-order valence-corrected chi connectivity index (χ2v) is 7.88. The number of aromatic nitrogens is 2. The summed E-state index contributed by atoms with van der Waals surface area (Å²) in [6.45, 7) is 2.78. The SMILES string of the molecule is Cc1cc(/C=C/C(c2cc(Cl)cc(-n3ccc(N)nc3=O)c2)C(F)(F)F)ccc1CNCN. The van der Waals surface area contributed by atoms with Gasteiger partial charge in [-0.25, -0.2) is 4.79 Å². The van der Waals surface area contributed by atoms with E-state index in [9.17, 15) is 18.0 Å². The molecule has 1 aromatic heterocycles. The Kier molecular flexibility index (Phi) is 7.57. The summed E-state index contributed by atoms with van der Waals surface area (Å²) in [5.74, 6) is -1.93. The minimum absolute atomic E-state index is 0.00900. The van der Waals surface area contributed by atoms with Crippen LogP contribution in [0.2, 0.25) is 5.02 Å². The van der Waals surface area contributed by atoms with Gasteiger partial charge in [0.15, 0.2) is 0 Å². The molecular weight excluding hydrogens is 455 g/mol. The molecule has 0 bridgehead atoms. The Hall–Kier alpha value is -3.14. The van der Waals surface area contributed by atoms with E-state index in [2.05, 4.69) is 10.3 Å². The van der Waals surface area contributed by atoms with Gasteiger partial charge in [-0.3, -0.25) is 4.57 Å². The molecular formula is C23H23ClF3N5O. The van der Waals surface area contributed by atoms with E-state index < -0.39 is 17.8 Å². The van der Waals surface area contributed by atoms with Crippen molar-refractivity contribution in [2.75, 3.05) is 12.4 Å². The molecule has 174 valence electrons. The van der Waals surface area contributed by atoms with Crippen molar-refractivity contribution in [1.82, 2.24) is 14.9 Å². The lowest BCUT2D eigenvalue weighted by atomic mass is 9.96. The summed E-state index contributed by atoms with van der Waals surface area (Å²) >= 11 is 6.11. The summed E-state index contributed by atoms with van der Waals surface area (Å²) < 4.78 is 43.0. The van der Waals surface area contributed by atoms with E-state index >= 15 is 0 Å². The van der Waals surface area contributed by atoms with Gasteiger partial charge < -0.3 is 16.8 Å². The van der Waals surface area contributed by atoms with Crippen LogP contribution in [-0.2, 0) is 6.54 Å². The molecule has 1 unspecified atom stereocenters. The number of nitrogens with zero attached hydrogens (tertiary/aromatic N) is 2. The number of nitrogen functional groups attached to an aromatic ring is 1. The molecule has 0 saturated heterocycles. The van der Waals surface area contributed by atoms with Gasteiger partial charge in [0, 0.05) is 24.4 Å². The van der Waals surface area contributed by atoms with Crippen LogP contribution in [0.5, 0.6) is 0 Å². The van der Waals surface area contributed by atoms with E-state index in [4.69, 9.17) is 23.1 Å². The molecule has 10 heteroatoms. The van der Waals surface area contributed by atoms with Crippen molar-refractivity contribution in [2.45, 2.75) is 25.6 Å². The summed E-state index contributed by atoms with van der Waals surface area (Å²) in [6, 6.07) is 10.7. The minimum atomic E-state index is -4.58. The smallest absolute Gasteiger partial charge is 0.383 e. The fraction of sp³-hybridized carbons (Fsp3) is 0.217. The molecule has 0 aliphatic carbocycles. The van der Waals surface area contributed by atoms with Gasteiger partial charge in [-0.05, 0) is 53.4 Å². The Morgan fingerprint density at radius 2 is 1.97 bits per heavy atom. The van der Waals surface area contributed by atoms with Gasteiger partial charge in [0.25, 0.3) is 0 Å². The third-order valence-electron chi connectivity index (χ3n) is 5.03. The number of hydrogen-bond donors (Lipinski definition) is 3. The Morgan fingerprint density at radius 3 is 2.61 bits per heavy atom. The molecule has 33 heavy (non-hydrogen) atoms. The number of rotatable bonds is 7. The maximum atomic E-state index is 14.0. The molecule has 0 amide bonds. The Morgan fingerprint density at radius 1 is 1.21 bits per heavy atom. The van der Waals surface area contributed by atoms with Gasteiger partial charge in [0.1, 0.15) is 5.82 Å². The zero-order valence-corrected chi connectivity index (χ0v) is 18.5. The van der Waals surface area contributed by atoms with E-state index in [1.165, 1.54) is 36.5 Å². The largest absolute Gasteiger partial charge is 0.399 e. The maximum Gasteiger partial charge on any atom is 0.399 e. The van der Waals surface area contributed by atoms with E-state index in [0.717, 1.165) is 21.8 Å². The van der Waals surface area contributed by atoms with Crippen LogP contribution in [0.15, 0.2) is 59.5 Å². The van der Waals surface area contributed by atoms with Gasteiger partial charge in [0.05, 0.1) is 11.6 Å². The number of aryl methyl sites for hydroxylation is 1. The Labute approximate surface area is 193 Å². The van der Waals surface area contributed by atoms with Gasteiger partial charge in [-0.2, -0.15) is 18.2 Å². The van der Waals surface area contributed by atoms with E-state index in [1.54, 1.807) is 12.1 Å². The van der Waals surface area contributed by atoms with Crippen molar-refractivity contribution in [3.8, 4) is 5.69 Å². The normalized spacial score (nSPS) is 12.9. The number of benzene rings is 2. The first-order valence-corrected chi connectivity index (χ1v) is 10.4. The number of anilines is 1. The van der Waals surface area contributed by atoms with Crippen molar-refractivity contribution < 1.29 is 13.2 Å². The lowest BCUT2D eigenvalue weighted by Gasteiger charge is -2.19. The van der Waals surface area contributed by atoms with Gasteiger partial charge >= 0.3 is 11.9 Å². The number of halogens is 4. The molecule has 1 atom stereocenters. The molecule has 2 aromatic carbocycles.